The van der Waals surface area contributed by atoms with Crippen molar-refractivity contribution in [1.82, 2.24) is 14.9 Å². The maximum absolute atomic E-state index is 13.1. The zero-order chi connectivity index (χ0) is 22.6. The summed E-state index contributed by atoms with van der Waals surface area (Å²) in [6.07, 6.45) is -3.38. The van der Waals surface area contributed by atoms with E-state index in [9.17, 15) is 24.9 Å². The number of H-pyrrole nitrogens is 1. The van der Waals surface area contributed by atoms with Crippen LogP contribution in [0.5, 0.6) is 0 Å². The van der Waals surface area contributed by atoms with E-state index < -0.39 is 36.2 Å². The second kappa shape index (κ2) is 6.20. The first-order chi connectivity index (χ1) is 16.0. The van der Waals surface area contributed by atoms with Crippen molar-refractivity contribution in [2.45, 2.75) is 30.8 Å². The molecule has 7 rings (SSSR count). The monoisotopic (exact) mass is 441 g/mol. The maximum atomic E-state index is 13.1. The fourth-order valence-electron chi connectivity index (χ4n) is 5.86. The van der Waals surface area contributed by atoms with E-state index in [4.69, 9.17) is 0 Å². The first-order valence-electron chi connectivity index (χ1n) is 10.9. The van der Waals surface area contributed by atoms with E-state index in [1.165, 1.54) is 0 Å². The molecule has 0 bridgehead atoms. The predicted octanol–water partition coefficient (Wildman–Crippen LogP) is 2.34. The minimum atomic E-state index is -1.27. The number of aromatic nitrogens is 2. The van der Waals surface area contributed by atoms with Crippen molar-refractivity contribution in [1.29, 1.82) is 0 Å². The van der Waals surface area contributed by atoms with E-state index in [0.29, 0.717) is 32.9 Å². The quantitative estimate of drug-likeness (QED) is 0.255. The minimum Gasteiger partial charge on any atom is -0.390 e. The number of carbonyl (C=O) groups excluding carboxylic acids is 2. The summed E-state index contributed by atoms with van der Waals surface area (Å²) in [6.45, 7) is 0. The van der Waals surface area contributed by atoms with Gasteiger partial charge in [-0.15, -0.1) is 0 Å². The third-order valence-corrected chi connectivity index (χ3v) is 7.24. The van der Waals surface area contributed by atoms with Crippen molar-refractivity contribution >= 4 is 55.4 Å². The van der Waals surface area contributed by atoms with Gasteiger partial charge in [0.2, 0.25) is 0 Å². The van der Waals surface area contributed by atoms with E-state index in [1.54, 1.807) is 0 Å². The molecule has 1 saturated carbocycles. The lowest BCUT2D eigenvalue weighted by Gasteiger charge is -2.21. The lowest BCUT2D eigenvalue weighted by atomic mass is 9.96. The van der Waals surface area contributed by atoms with Crippen molar-refractivity contribution in [2.75, 3.05) is 0 Å². The Bertz CT molecular complexity index is 1680. The van der Waals surface area contributed by atoms with Crippen LogP contribution >= 0.6 is 0 Å². The average molecular weight is 441 g/mol. The first-order valence-corrected chi connectivity index (χ1v) is 10.9. The molecule has 5 aromatic rings. The van der Waals surface area contributed by atoms with Gasteiger partial charge in [0.15, 0.2) is 0 Å². The number of carbonyl (C=O) groups is 2. The second-order valence-corrected chi connectivity index (χ2v) is 8.92. The zero-order valence-corrected chi connectivity index (χ0v) is 17.2. The molecule has 33 heavy (non-hydrogen) atoms. The number of imide groups is 1. The molecule has 1 aliphatic heterocycles. The number of para-hydroxylation sites is 2. The molecule has 0 spiro atoms. The molecular weight excluding hydrogens is 422 g/mol. The molecule has 8 heteroatoms. The molecule has 1 aliphatic carbocycles. The number of nitrogens with zero attached hydrogens (tertiary/aromatic N) is 1. The highest BCUT2D eigenvalue weighted by atomic mass is 16.4. The molecule has 0 saturated heterocycles. The van der Waals surface area contributed by atoms with Crippen LogP contribution in [-0.4, -0.2) is 55.0 Å². The van der Waals surface area contributed by atoms with E-state index in [1.807, 2.05) is 53.1 Å². The molecule has 1 fully saturated rings. The summed E-state index contributed by atoms with van der Waals surface area (Å²) in [5, 5.41) is 36.8. The molecule has 2 amide bonds. The van der Waals surface area contributed by atoms with Gasteiger partial charge in [-0.25, -0.2) is 0 Å². The normalized spacial score (nSPS) is 25.1. The fraction of sp³-hybridized carbons (Fsp3) is 0.200. The van der Waals surface area contributed by atoms with Gasteiger partial charge in [0.05, 0.1) is 34.3 Å². The molecule has 3 heterocycles. The van der Waals surface area contributed by atoms with Gasteiger partial charge in [0.1, 0.15) is 12.2 Å². The zero-order valence-electron chi connectivity index (χ0n) is 17.2. The molecular formula is C25H19N3O5. The van der Waals surface area contributed by atoms with Gasteiger partial charge in [0, 0.05) is 32.6 Å². The smallest absolute Gasteiger partial charge is 0.259 e. The highest BCUT2D eigenvalue weighted by molar-refractivity contribution is 6.39. The molecule has 0 radical (unpaired) electrons. The van der Waals surface area contributed by atoms with Crippen molar-refractivity contribution in [3.63, 3.8) is 0 Å². The van der Waals surface area contributed by atoms with E-state index in [-0.39, 0.29) is 6.42 Å². The summed E-state index contributed by atoms with van der Waals surface area (Å²) in [7, 11) is 0. The van der Waals surface area contributed by atoms with E-state index in [2.05, 4.69) is 10.3 Å². The number of aliphatic hydroxyl groups is 3. The number of nitrogens with one attached hydrogen (secondary N) is 2. The first kappa shape index (κ1) is 18.8. The van der Waals surface area contributed by atoms with Gasteiger partial charge in [-0.2, -0.15) is 0 Å². The number of hydrogen-bond donors (Lipinski definition) is 5. The Hall–Kier alpha value is -3.72. The maximum Gasteiger partial charge on any atom is 0.259 e. The Labute approximate surface area is 186 Å². The number of hydrogen-bond acceptors (Lipinski definition) is 5. The van der Waals surface area contributed by atoms with E-state index >= 15 is 0 Å². The minimum absolute atomic E-state index is 0.153. The third-order valence-electron chi connectivity index (χ3n) is 7.24. The van der Waals surface area contributed by atoms with Gasteiger partial charge >= 0.3 is 0 Å². The van der Waals surface area contributed by atoms with Gasteiger partial charge in [-0.05, 0) is 18.6 Å². The lowest BCUT2D eigenvalue weighted by Crippen LogP contribution is -2.31. The van der Waals surface area contributed by atoms with Crippen LogP contribution in [0.4, 0.5) is 0 Å². The SMILES string of the molecule is O=C1NC(=O)c2c1c1c3ccccc3[nH]c1c1c2c2ccccc2n1C1C[C@H](O)C(O)[C@H]1O. The Kier molecular flexibility index (Phi) is 3.53. The predicted molar refractivity (Wildman–Crippen MR) is 122 cm³/mol. The summed E-state index contributed by atoms with van der Waals surface area (Å²) < 4.78 is 1.91. The largest absolute Gasteiger partial charge is 0.390 e. The molecule has 4 atom stereocenters. The molecule has 3 aromatic carbocycles. The number of aromatic amines is 1. The number of amides is 2. The summed E-state index contributed by atoms with van der Waals surface area (Å²) in [5.74, 6) is -0.891. The Morgan fingerprint density at radius 3 is 2.21 bits per heavy atom. The number of benzene rings is 3. The average Bonchev–Trinajstić information content (AvgIpc) is 3.51. The highest BCUT2D eigenvalue weighted by Crippen LogP contribution is 2.46. The highest BCUT2D eigenvalue weighted by Gasteiger charge is 2.44. The summed E-state index contributed by atoms with van der Waals surface area (Å²) in [6, 6.07) is 14.4. The standard InChI is InChI=1S/C25H19N3O5/c29-15-9-14(22(30)23(15)31)28-13-8-4-2-6-11(13)17-19-18(24(32)27-25(19)33)16-10-5-1-3-7-12(10)26-20(16)21(17)28/h1-8,14-15,22-23,26,29-31H,9H2,(H,27,32,33)/t14?,15-,22-,23?/m0/s1. The third kappa shape index (κ3) is 2.20. The van der Waals surface area contributed by atoms with Crippen molar-refractivity contribution in [3.05, 3.63) is 59.7 Å². The molecule has 2 unspecified atom stereocenters. The number of rotatable bonds is 1. The summed E-state index contributed by atoms with van der Waals surface area (Å²) in [4.78, 5) is 29.4. The van der Waals surface area contributed by atoms with Crippen LogP contribution in [0.25, 0.3) is 43.6 Å². The summed E-state index contributed by atoms with van der Waals surface area (Å²) in [5.41, 5.74) is 3.56. The van der Waals surface area contributed by atoms with Crippen LogP contribution in [0.15, 0.2) is 48.5 Å². The topological polar surface area (TPSA) is 128 Å². The Balaban J connectivity index is 1.77. The van der Waals surface area contributed by atoms with Crippen LogP contribution in [0.3, 0.4) is 0 Å². The fourth-order valence-corrected chi connectivity index (χ4v) is 5.86. The molecule has 8 nitrogen and oxygen atoms in total. The van der Waals surface area contributed by atoms with Crippen molar-refractivity contribution in [2.24, 2.45) is 0 Å². The van der Waals surface area contributed by atoms with E-state index in [0.717, 1.165) is 21.8 Å². The van der Waals surface area contributed by atoms with Gasteiger partial charge in [-0.1, -0.05) is 36.4 Å². The molecule has 2 aliphatic rings. The van der Waals surface area contributed by atoms with Crippen LogP contribution in [0.2, 0.25) is 0 Å². The van der Waals surface area contributed by atoms with Crippen molar-refractivity contribution < 1.29 is 24.9 Å². The molecule has 164 valence electrons. The van der Waals surface area contributed by atoms with Gasteiger partial charge in [-0.3, -0.25) is 14.9 Å². The summed E-state index contributed by atoms with van der Waals surface area (Å²) >= 11 is 0. The van der Waals surface area contributed by atoms with Crippen LogP contribution in [0, 0.1) is 0 Å². The second-order valence-electron chi connectivity index (χ2n) is 8.92. The van der Waals surface area contributed by atoms with Crippen LogP contribution in [-0.2, 0) is 0 Å². The Morgan fingerprint density at radius 2 is 1.48 bits per heavy atom. The molecule has 2 aromatic heterocycles. The van der Waals surface area contributed by atoms with Gasteiger partial charge in [0.25, 0.3) is 11.8 Å². The molecule has 5 N–H and O–H groups in total. The number of aliphatic hydroxyl groups excluding tert-OH is 3. The lowest BCUT2D eigenvalue weighted by molar-refractivity contribution is -0.0241. The number of fused-ring (bicyclic) bond motifs is 10. The van der Waals surface area contributed by atoms with Crippen LogP contribution in [0.1, 0.15) is 33.2 Å². The van der Waals surface area contributed by atoms with Gasteiger partial charge < -0.3 is 24.9 Å². The Morgan fingerprint density at radius 1 is 0.818 bits per heavy atom. The van der Waals surface area contributed by atoms with Crippen molar-refractivity contribution in [3.8, 4) is 0 Å². The van der Waals surface area contributed by atoms with Crippen LogP contribution < -0.4 is 5.32 Å².